The Balaban J connectivity index is 1.83. The summed E-state index contributed by atoms with van der Waals surface area (Å²) in [4.78, 5) is 0. The van der Waals surface area contributed by atoms with Crippen molar-refractivity contribution in [2.45, 2.75) is 32.2 Å². The van der Waals surface area contributed by atoms with Crippen molar-refractivity contribution in [1.82, 2.24) is 0 Å². The number of benzene rings is 2. The molecule has 3 rings (SSSR count). The summed E-state index contributed by atoms with van der Waals surface area (Å²) < 4.78 is 5.57. The summed E-state index contributed by atoms with van der Waals surface area (Å²) in [6, 6.07) is 15.0. The standard InChI is InChI=1S/C18H22N2O/c1-2-21-18-12-14(10-11-16(18)19)20-17-9-5-7-13-6-3-4-8-15(13)17/h3-4,6,8,10-12,17,20H,2,5,7,9,19H2,1H3. The van der Waals surface area contributed by atoms with Gasteiger partial charge in [-0.15, -0.1) is 0 Å². The number of hydrogen-bond donors (Lipinski definition) is 2. The molecule has 0 bridgehead atoms. The maximum atomic E-state index is 5.93. The third-order valence-corrected chi connectivity index (χ3v) is 4.02. The lowest BCUT2D eigenvalue weighted by Crippen LogP contribution is -2.17. The summed E-state index contributed by atoms with van der Waals surface area (Å²) in [6.45, 7) is 2.59. The van der Waals surface area contributed by atoms with E-state index in [9.17, 15) is 0 Å². The van der Waals surface area contributed by atoms with Crippen molar-refractivity contribution >= 4 is 11.4 Å². The Bertz CT molecular complexity index is 624. The molecule has 3 heteroatoms. The predicted octanol–water partition coefficient (Wildman–Crippen LogP) is 4.16. The molecule has 0 saturated heterocycles. The largest absolute Gasteiger partial charge is 0.492 e. The fourth-order valence-electron chi connectivity index (χ4n) is 3.01. The summed E-state index contributed by atoms with van der Waals surface area (Å²) in [5, 5.41) is 3.63. The number of nitrogens with one attached hydrogen (secondary N) is 1. The highest BCUT2D eigenvalue weighted by molar-refractivity contribution is 5.62. The number of rotatable bonds is 4. The van der Waals surface area contributed by atoms with E-state index in [-0.39, 0.29) is 0 Å². The fraction of sp³-hybridized carbons (Fsp3) is 0.333. The molecule has 0 radical (unpaired) electrons. The summed E-state index contributed by atoms with van der Waals surface area (Å²) in [5.74, 6) is 0.756. The minimum Gasteiger partial charge on any atom is -0.492 e. The Hall–Kier alpha value is -2.16. The van der Waals surface area contributed by atoms with Crippen molar-refractivity contribution in [1.29, 1.82) is 0 Å². The van der Waals surface area contributed by atoms with Crippen LogP contribution in [0.4, 0.5) is 11.4 Å². The van der Waals surface area contributed by atoms with Crippen molar-refractivity contribution in [3.63, 3.8) is 0 Å². The van der Waals surface area contributed by atoms with Crippen LogP contribution in [-0.4, -0.2) is 6.61 Å². The molecule has 0 fully saturated rings. The zero-order valence-corrected chi connectivity index (χ0v) is 12.4. The molecule has 0 amide bonds. The smallest absolute Gasteiger partial charge is 0.144 e. The maximum absolute atomic E-state index is 5.93. The van der Waals surface area contributed by atoms with Gasteiger partial charge in [-0.25, -0.2) is 0 Å². The van der Waals surface area contributed by atoms with Crippen molar-refractivity contribution in [3.8, 4) is 5.75 Å². The average Bonchev–Trinajstić information content (AvgIpc) is 2.51. The van der Waals surface area contributed by atoms with Crippen LogP contribution in [0.1, 0.15) is 36.9 Å². The molecule has 0 aromatic heterocycles. The van der Waals surface area contributed by atoms with Crippen LogP contribution in [0, 0.1) is 0 Å². The zero-order valence-electron chi connectivity index (χ0n) is 12.4. The lowest BCUT2D eigenvalue weighted by molar-refractivity contribution is 0.342. The van der Waals surface area contributed by atoms with Gasteiger partial charge in [0.15, 0.2) is 0 Å². The van der Waals surface area contributed by atoms with Crippen LogP contribution in [0.2, 0.25) is 0 Å². The molecule has 1 unspecified atom stereocenters. The van der Waals surface area contributed by atoms with Gasteiger partial charge in [0.1, 0.15) is 5.75 Å². The van der Waals surface area contributed by atoms with E-state index in [0.717, 1.165) is 17.9 Å². The lowest BCUT2D eigenvalue weighted by atomic mass is 9.87. The summed E-state index contributed by atoms with van der Waals surface area (Å²) in [7, 11) is 0. The van der Waals surface area contributed by atoms with Gasteiger partial charge in [0.25, 0.3) is 0 Å². The molecule has 1 atom stereocenters. The quantitative estimate of drug-likeness (QED) is 0.828. The molecule has 3 nitrogen and oxygen atoms in total. The van der Waals surface area contributed by atoms with Gasteiger partial charge in [-0.05, 0) is 49.4 Å². The first-order chi connectivity index (χ1) is 10.3. The maximum Gasteiger partial charge on any atom is 0.144 e. The molecule has 0 aliphatic heterocycles. The highest BCUT2D eigenvalue weighted by Gasteiger charge is 2.19. The van der Waals surface area contributed by atoms with E-state index in [1.54, 1.807) is 0 Å². The molecule has 0 saturated carbocycles. The number of nitrogens with two attached hydrogens (primary N) is 1. The topological polar surface area (TPSA) is 47.3 Å². The Kier molecular flexibility index (Phi) is 4.00. The van der Waals surface area contributed by atoms with Gasteiger partial charge < -0.3 is 15.8 Å². The Labute approximate surface area is 126 Å². The fourth-order valence-corrected chi connectivity index (χ4v) is 3.01. The highest BCUT2D eigenvalue weighted by atomic mass is 16.5. The average molecular weight is 282 g/mol. The monoisotopic (exact) mass is 282 g/mol. The van der Waals surface area contributed by atoms with Crippen LogP contribution in [0.25, 0.3) is 0 Å². The van der Waals surface area contributed by atoms with Crippen LogP contribution < -0.4 is 15.8 Å². The molecule has 1 aliphatic carbocycles. The number of fused-ring (bicyclic) bond motifs is 1. The van der Waals surface area contributed by atoms with Crippen LogP contribution in [0.3, 0.4) is 0 Å². The van der Waals surface area contributed by atoms with E-state index in [1.807, 2.05) is 25.1 Å². The SMILES string of the molecule is CCOc1cc(NC2CCCc3ccccc32)ccc1N. The van der Waals surface area contributed by atoms with Crippen molar-refractivity contribution < 1.29 is 4.74 Å². The molecule has 2 aromatic carbocycles. The third kappa shape index (κ3) is 2.97. The van der Waals surface area contributed by atoms with Gasteiger partial charge in [-0.2, -0.15) is 0 Å². The second kappa shape index (κ2) is 6.08. The minimum absolute atomic E-state index is 0.369. The van der Waals surface area contributed by atoms with Gasteiger partial charge in [0.2, 0.25) is 0 Å². The summed E-state index contributed by atoms with van der Waals surface area (Å²) in [5.41, 5.74) is 10.6. The number of anilines is 2. The van der Waals surface area contributed by atoms with E-state index in [1.165, 1.54) is 24.0 Å². The number of aryl methyl sites for hydroxylation is 1. The normalized spacial score (nSPS) is 17.1. The first-order valence-corrected chi connectivity index (χ1v) is 7.64. The van der Waals surface area contributed by atoms with Crippen LogP contribution in [0.15, 0.2) is 42.5 Å². The van der Waals surface area contributed by atoms with Gasteiger partial charge in [0, 0.05) is 11.8 Å². The first-order valence-electron chi connectivity index (χ1n) is 7.64. The summed E-state index contributed by atoms with van der Waals surface area (Å²) in [6.07, 6.45) is 3.56. The van der Waals surface area contributed by atoms with Crippen molar-refractivity contribution in [2.75, 3.05) is 17.7 Å². The van der Waals surface area contributed by atoms with E-state index < -0.39 is 0 Å². The van der Waals surface area contributed by atoms with E-state index in [0.29, 0.717) is 18.3 Å². The molecule has 21 heavy (non-hydrogen) atoms. The van der Waals surface area contributed by atoms with E-state index in [4.69, 9.17) is 10.5 Å². The number of hydrogen-bond acceptors (Lipinski definition) is 3. The molecule has 1 aliphatic rings. The van der Waals surface area contributed by atoms with E-state index >= 15 is 0 Å². The van der Waals surface area contributed by atoms with Gasteiger partial charge in [-0.1, -0.05) is 24.3 Å². The Morgan fingerprint density at radius 3 is 2.95 bits per heavy atom. The molecule has 0 heterocycles. The van der Waals surface area contributed by atoms with E-state index in [2.05, 4.69) is 29.6 Å². The zero-order chi connectivity index (χ0) is 14.7. The van der Waals surface area contributed by atoms with Crippen molar-refractivity contribution in [2.24, 2.45) is 0 Å². The van der Waals surface area contributed by atoms with Gasteiger partial charge in [-0.3, -0.25) is 0 Å². The molecular weight excluding hydrogens is 260 g/mol. The molecule has 110 valence electrons. The Morgan fingerprint density at radius 1 is 1.24 bits per heavy atom. The highest BCUT2D eigenvalue weighted by Crippen LogP contribution is 2.34. The molecule has 0 spiro atoms. The second-order valence-corrected chi connectivity index (χ2v) is 5.47. The third-order valence-electron chi connectivity index (χ3n) is 4.02. The van der Waals surface area contributed by atoms with Gasteiger partial charge >= 0.3 is 0 Å². The summed E-state index contributed by atoms with van der Waals surface area (Å²) >= 11 is 0. The van der Waals surface area contributed by atoms with Crippen LogP contribution in [-0.2, 0) is 6.42 Å². The van der Waals surface area contributed by atoms with Crippen LogP contribution >= 0.6 is 0 Å². The number of ether oxygens (including phenoxy) is 1. The molecule has 2 aromatic rings. The lowest BCUT2D eigenvalue weighted by Gasteiger charge is -2.27. The van der Waals surface area contributed by atoms with Gasteiger partial charge in [0.05, 0.1) is 18.3 Å². The minimum atomic E-state index is 0.369. The second-order valence-electron chi connectivity index (χ2n) is 5.47. The number of nitrogen functional groups attached to an aromatic ring is 1. The van der Waals surface area contributed by atoms with Crippen LogP contribution in [0.5, 0.6) is 5.75 Å². The molecule has 3 N–H and O–H groups in total. The first kappa shape index (κ1) is 13.8. The molecular formula is C18H22N2O. The van der Waals surface area contributed by atoms with Crippen molar-refractivity contribution in [3.05, 3.63) is 53.6 Å². The predicted molar refractivity (Wildman–Crippen MR) is 87.8 cm³/mol. The Morgan fingerprint density at radius 2 is 2.10 bits per heavy atom.